The van der Waals surface area contributed by atoms with Gasteiger partial charge in [-0.3, -0.25) is 0 Å². The van der Waals surface area contributed by atoms with Crippen LogP contribution in [0.25, 0.3) is 11.3 Å². The van der Waals surface area contributed by atoms with Crippen molar-refractivity contribution in [2.24, 2.45) is 0 Å². The van der Waals surface area contributed by atoms with Crippen molar-refractivity contribution in [2.45, 2.75) is 19.6 Å². The van der Waals surface area contributed by atoms with Gasteiger partial charge in [-0.2, -0.15) is 15.0 Å². The Bertz CT molecular complexity index is 1030. The molecule has 0 fully saturated rings. The van der Waals surface area contributed by atoms with Gasteiger partial charge in [0.2, 0.25) is 0 Å². The Morgan fingerprint density at radius 2 is 1.45 bits per heavy atom. The van der Waals surface area contributed by atoms with Crippen LogP contribution in [0.2, 0.25) is 0 Å². The van der Waals surface area contributed by atoms with E-state index in [-0.39, 0.29) is 0 Å². The summed E-state index contributed by atoms with van der Waals surface area (Å²) in [5.41, 5.74) is 5.32. The molecule has 0 bridgehead atoms. The summed E-state index contributed by atoms with van der Waals surface area (Å²) in [7, 11) is 1.68. The van der Waals surface area contributed by atoms with E-state index >= 15 is 0 Å². The van der Waals surface area contributed by atoms with Gasteiger partial charge in [0.15, 0.2) is 0 Å². The van der Waals surface area contributed by atoms with Crippen molar-refractivity contribution in [2.75, 3.05) is 7.11 Å². The molecule has 0 saturated carbocycles. The van der Waals surface area contributed by atoms with Crippen LogP contribution < -0.4 is 10.1 Å². The summed E-state index contributed by atoms with van der Waals surface area (Å²) in [6.07, 6.45) is 0. The van der Waals surface area contributed by atoms with Crippen molar-refractivity contribution in [1.82, 2.24) is 20.3 Å². The second-order valence-electron chi connectivity index (χ2n) is 6.83. The molecule has 4 aromatic rings. The maximum absolute atomic E-state index is 5.22. The van der Waals surface area contributed by atoms with Gasteiger partial charge in [-0.15, -0.1) is 0 Å². The first-order valence-corrected chi connectivity index (χ1v) is 9.69. The van der Waals surface area contributed by atoms with Crippen molar-refractivity contribution in [3.8, 4) is 17.0 Å². The number of rotatable bonds is 8. The van der Waals surface area contributed by atoms with Crippen LogP contribution in [-0.2, 0) is 19.6 Å². The molecule has 5 heteroatoms. The van der Waals surface area contributed by atoms with Crippen molar-refractivity contribution in [3.05, 3.63) is 102 Å². The minimum absolute atomic E-state index is 0.644. The zero-order valence-corrected chi connectivity index (χ0v) is 16.5. The first-order valence-electron chi connectivity index (χ1n) is 9.69. The van der Waals surface area contributed by atoms with Gasteiger partial charge >= 0.3 is 0 Å². The van der Waals surface area contributed by atoms with Gasteiger partial charge < -0.3 is 10.1 Å². The minimum Gasteiger partial charge on any atom is -0.497 e. The van der Waals surface area contributed by atoms with Crippen molar-refractivity contribution in [3.63, 3.8) is 0 Å². The third-order valence-electron chi connectivity index (χ3n) is 4.72. The molecule has 0 radical (unpaired) electrons. The van der Waals surface area contributed by atoms with Gasteiger partial charge in [0, 0.05) is 18.7 Å². The second kappa shape index (κ2) is 9.17. The first kappa shape index (κ1) is 18.9. The fraction of sp³-hybridized carbons (Fsp3) is 0.167. The Balaban J connectivity index is 1.50. The van der Waals surface area contributed by atoms with E-state index in [1.807, 2.05) is 48.5 Å². The van der Waals surface area contributed by atoms with Crippen LogP contribution in [0.3, 0.4) is 0 Å². The monoisotopic (exact) mass is 384 g/mol. The Hall–Kier alpha value is -3.44. The quantitative estimate of drug-likeness (QED) is 0.492. The van der Waals surface area contributed by atoms with Gasteiger partial charge in [-0.1, -0.05) is 72.8 Å². The summed E-state index contributed by atoms with van der Waals surface area (Å²) < 4.78 is 5.22. The molecular weight excluding hydrogens is 360 g/mol. The molecule has 1 N–H and O–H groups in total. The van der Waals surface area contributed by atoms with Crippen LogP contribution in [0.4, 0.5) is 0 Å². The first-order chi connectivity index (χ1) is 14.3. The van der Waals surface area contributed by atoms with Crippen LogP contribution >= 0.6 is 0 Å². The Morgan fingerprint density at radius 3 is 2.14 bits per heavy atom. The maximum atomic E-state index is 5.22. The molecule has 5 nitrogen and oxygen atoms in total. The fourth-order valence-electron chi connectivity index (χ4n) is 3.21. The molecule has 29 heavy (non-hydrogen) atoms. The molecule has 4 rings (SSSR count). The van der Waals surface area contributed by atoms with E-state index < -0.39 is 0 Å². The zero-order chi connectivity index (χ0) is 19.9. The highest BCUT2D eigenvalue weighted by atomic mass is 16.5. The van der Waals surface area contributed by atoms with Gasteiger partial charge in [0.1, 0.15) is 17.1 Å². The lowest BCUT2D eigenvalue weighted by Gasteiger charge is -2.06. The van der Waals surface area contributed by atoms with Crippen molar-refractivity contribution in [1.29, 1.82) is 0 Å². The predicted molar refractivity (Wildman–Crippen MR) is 115 cm³/mol. The molecule has 1 heterocycles. The van der Waals surface area contributed by atoms with E-state index in [0.717, 1.165) is 29.2 Å². The molecule has 0 saturated heterocycles. The summed E-state index contributed by atoms with van der Waals surface area (Å²) >= 11 is 0. The SMILES string of the molecule is COc1ccc(CNCc2nn(Cc3ccccc3)nc2-c2ccccc2)cc1. The molecule has 0 aliphatic rings. The molecule has 3 aromatic carbocycles. The highest BCUT2D eigenvalue weighted by Gasteiger charge is 2.13. The topological polar surface area (TPSA) is 52.0 Å². The highest BCUT2D eigenvalue weighted by Crippen LogP contribution is 2.20. The van der Waals surface area contributed by atoms with E-state index in [1.165, 1.54) is 11.1 Å². The number of nitrogens with zero attached hydrogens (tertiary/aromatic N) is 3. The molecule has 0 atom stereocenters. The number of aromatic nitrogens is 3. The van der Waals surface area contributed by atoms with Gasteiger partial charge in [0.05, 0.1) is 13.7 Å². The number of nitrogens with one attached hydrogen (secondary N) is 1. The number of hydrogen-bond acceptors (Lipinski definition) is 4. The Labute approximate surface area is 171 Å². The van der Waals surface area contributed by atoms with Gasteiger partial charge in [-0.05, 0) is 23.3 Å². The summed E-state index contributed by atoms with van der Waals surface area (Å²) in [5.74, 6) is 0.865. The lowest BCUT2D eigenvalue weighted by atomic mass is 10.1. The number of ether oxygens (including phenoxy) is 1. The highest BCUT2D eigenvalue weighted by molar-refractivity contribution is 5.60. The molecule has 146 valence electrons. The second-order valence-corrected chi connectivity index (χ2v) is 6.83. The van der Waals surface area contributed by atoms with E-state index in [1.54, 1.807) is 11.9 Å². The summed E-state index contributed by atoms with van der Waals surface area (Å²) in [6, 6.07) is 28.6. The van der Waals surface area contributed by atoms with E-state index in [9.17, 15) is 0 Å². The standard InChI is InChI=1S/C24H24N4O/c1-29-22-14-12-19(13-15-22)16-25-17-23-24(21-10-6-3-7-11-21)27-28(26-23)18-20-8-4-2-5-9-20/h2-15,25H,16-18H2,1H3. The maximum Gasteiger partial charge on any atom is 0.118 e. The average molecular weight is 384 g/mol. The van der Waals surface area contributed by atoms with E-state index in [4.69, 9.17) is 14.9 Å². The average Bonchev–Trinajstić information content (AvgIpc) is 3.18. The van der Waals surface area contributed by atoms with Crippen LogP contribution in [0.1, 0.15) is 16.8 Å². The molecule has 0 amide bonds. The van der Waals surface area contributed by atoms with Gasteiger partial charge in [-0.25, -0.2) is 0 Å². The molecule has 0 spiro atoms. The van der Waals surface area contributed by atoms with E-state index in [0.29, 0.717) is 13.1 Å². The zero-order valence-electron chi connectivity index (χ0n) is 16.5. The largest absolute Gasteiger partial charge is 0.497 e. The predicted octanol–water partition coefficient (Wildman–Crippen LogP) is 4.29. The summed E-state index contributed by atoms with van der Waals surface area (Å²) in [6.45, 7) is 2.05. The normalized spacial score (nSPS) is 10.8. The summed E-state index contributed by atoms with van der Waals surface area (Å²) in [5, 5.41) is 13.0. The molecule has 0 aliphatic heterocycles. The molecular formula is C24H24N4O. The molecule has 1 aromatic heterocycles. The third kappa shape index (κ3) is 4.89. The Kier molecular flexibility index (Phi) is 5.98. The van der Waals surface area contributed by atoms with Gasteiger partial charge in [0.25, 0.3) is 0 Å². The lowest BCUT2D eigenvalue weighted by Crippen LogP contribution is -2.14. The van der Waals surface area contributed by atoms with Crippen molar-refractivity contribution < 1.29 is 4.74 Å². The fourth-order valence-corrected chi connectivity index (χ4v) is 3.21. The minimum atomic E-state index is 0.644. The van der Waals surface area contributed by atoms with Crippen LogP contribution in [0.15, 0.2) is 84.9 Å². The van der Waals surface area contributed by atoms with Crippen molar-refractivity contribution >= 4 is 0 Å². The van der Waals surface area contributed by atoms with Crippen LogP contribution in [0.5, 0.6) is 5.75 Å². The third-order valence-corrected chi connectivity index (χ3v) is 4.72. The smallest absolute Gasteiger partial charge is 0.118 e. The number of methoxy groups -OCH3 is 1. The number of benzene rings is 3. The Morgan fingerprint density at radius 1 is 0.759 bits per heavy atom. The van der Waals surface area contributed by atoms with Crippen LogP contribution in [-0.4, -0.2) is 22.1 Å². The molecule has 0 unspecified atom stereocenters. The number of hydrogen-bond donors (Lipinski definition) is 1. The van der Waals surface area contributed by atoms with Crippen LogP contribution in [0, 0.1) is 0 Å². The summed E-state index contributed by atoms with van der Waals surface area (Å²) in [4.78, 5) is 1.78. The molecule has 0 aliphatic carbocycles. The lowest BCUT2D eigenvalue weighted by molar-refractivity contribution is 0.414. The van der Waals surface area contributed by atoms with E-state index in [2.05, 4.69) is 41.7 Å².